The first-order chi connectivity index (χ1) is 10.7. The summed E-state index contributed by atoms with van der Waals surface area (Å²) in [4.78, 5) is 13.8. The van der Waals surface area contributed by atoms with Gasteiger partial charge in [0.2, 0.25) is 0 Å². The Balaban J connectivity index is 2.39. The molecule has 0 N–H and O–H groups in total. The SMILES string of the molecule is CCOP(=O)(CCC1CCN(C(=O)OC(C)(C)C)CC1)OCC. The fourth-order valence-corrected chi connectivity index (χ4v) is 4.43. The molecule has 0 aromatic carbocycles. The molecule has 1 fully saturated rings. The highest BCUT2D eigenvalue weighted by molar-refractivity contribution is 7.53. The minimum Gasteiger partial charge on any atom is -0.444 e. The summed E-state index contributed by atoms with van der Waals surface area (Å²) in [7, 11) is -2.95. The Morgan fingerprint density at radius 1 is 1.13 bits per heavy atom. The Kier molecular flexibility index (Phi) is 8.05. The number of likely N-dealkylation sites (tertiary alicyclic amines) is 1. The van der Waals surface area contributed by atoms with E-state index in [4.69, 9.17) is 13.8 Å². The molecule has 0 atom stereocenters. The van der Waals surface area contributed by atoms with Crippen molar-refractivity contribution in [2.75, 3.05) is 32.5 Å². The van der Waals surface area contributed by atoms with Crippen LogP contribution in [0, 0.1) is 5.92 Å². The van der Waals surface area contributed by atoms with E-state index in [-0.39, 0.29) is 6.09 Å². The Bertz CT molecular complexity index is 403. The predicted molar refractivity (Wildman–Crippen MR) is 90.9 cm³/mol. The molecule has 1 heterocycles. The molecule has 7 heteroatoms. The van der Waals surface area contributed by atoms with Gasteiger partial charge >= 0.3 is 13.7 Å². The van der Waals surface area contributed by atoms with Gasteiger partial charge < -0.3 is 18.7 Å². The van der Waals surface area contributed by atoms with Gasteiger partial charge in [-0.15, -0.1) is 0 Å². The molecular formula is C16H32NO5P. The molecule has 0 radical (unpaired) electrons. The normalized spacial score (nSPS) is 17.3. The highest BCUT2D eigenvalue weighted by Crippen LogP contribution is 2.49. The van der Waals surface area contributed by atoms with Crippen LogP contribution in [0.3, 0.4) is 0 Å². The van der Waals surface area contributed by atoms with Crippen molar-refractivity contribution in [1.29, 1.82) is 0 Å². The summed E-state index contributed by atoms with van der Waals surface area (Å²) in [5, 5.41) is 0. The summed E-state index contributed by atoms with van der Waals surface area (Å²) in [5.41, 5.74) is -0.463. The van der Waals surface area contributed by atoms with Gasteiger partial charge in [0.1, 0.15) is 5.60 Å². The number of carbonyl (C=O) groups excluding carboxylic acids is 1. The lowest BCUT2D eigenvalue weighted by molar-refractivity contribution is 0.0182. The van der Waals surface area contributed by atoms with Crippen LogP contribution in [0.2, 0.25) is 0 Å². The van der Waals surface area contributed by atoms with Crippen LogP contribution >= 0.6 is 7.60 Å². The van der Waals surface area contributed by atoms with E-state index in [2.05, 4.69) is 0 Å². The summed E-state index contributed by atoms with van der Waals surface area (Å²) in [5.74, 6) is 0.447. The molecule has 0 bridgehead atoms. The molecule has 0 aromatic heterocycles. The van der Waals surface area contributed by atoms with Crippen molar-refractivity contribution in [2.24, 2.45) is 5.92 Å². The second-order valence-corrected chi connectivity index (χ2v) is 9.05. The van der Waals surface area contributed by atoms with Gasteiger partial charge in [0.05, 0.1) is 19.4 Å². The fourth-order valence-electron chi connectivity index (χ4n) is 2.63. The van der Waals surface area contributed by atoms with E-state index in [1.54, 1.807) is 4.90 Å². The molecule has 1 rings (SSSR count). The van der Waals surface area contributed by atoms with Crippen LogP contribution in [0.15, 0.2) is 0 Å². The lowest BCUT2D eigenvalue weighted by Gasteiger charge is -2.33. The van der Waals surface area contributed by atoms with Crippen LogP contribution in [0.4, 0.5) is 4.79 Å². The first-order valence-electron chi connectivity index (χ1n) is 8.55. The average Bonchev–Trinajstić information content (AvgIpc) is 2.44. The minimum absolute atomic E-state index is 0.245. The van der Waals surface area contributed by atoms with E-state index >= 15 is 0 Å². The zero-order valence-electron chi connectivity index (χ0n) is 15.2. The van der Waals surface area contributed by atoms with Crippen molar-refractivity contribution in [1.82, 2.24) is 4.90 Å². The molecule has 136 valence electrons. The summed E-state index contributed by atoms with van der Waals surface area (Å²) in [6, 6.07) is 0. The van der Waals surface area contributed by atoms with E-state index in [1.165, 1.54) is 0 Å². The van der Waals surface area contributed by atoms with Gasteiger partial charge in [-0.1, -0.05) is 0 Å². The lowest BCUT2D eigenvalue weighted by Crippen LogP contribution is -2.41. The number of ether oxygens (including phenoxy) is 1. The second-order valence-electron chi connectivity index (χ2n) is 6.87. The van der Waals surface area contributed by atoms with Gasteiger partial charge in [0.15, 0.2) is 0 Å². The topological polar surface area (TPSA) is 65.1 Å². The van der Waals surface area contributed by atoms with Crippen LogP contribution in [0.5, 0.6) is 0 Å². The monoisotopic (exact) mass is 349 g/mol. The Morgan fingerprint density at radius 3 is 2.09 bits per heavy atom. The van der Waals surface area contributed by atoms with Crippen molar-refractivity contribution < 1.29 is 23.1 Å². The predicted octanol–water partition coefficient (Wildman–Crippen LogP) is 4.29. The molecule has 6 nitrogen and oxygen atoms in total. The second kappa shape index (κ2) is 9.05. The molecule has 0 unspecified atom stereocenters. The zero-order valence-corrected chi connectivity index (χ0v) is 16.1. The van der Waals surface area contributed by atoms with Crippen molar-refractivity contribution in [2.45, 2.75) is 59.5 Å². The summed E-state index contributed by atoms with van der Waals surface area (Å²) < 4.78 is 28.5. The molecule has 1 aliphatic heterocycles. The highest BCUT2D eigenvalue weighted by atomic mass is 31.2. The van der Waals surface area contributed by atoms with Gasteiger partial charge in [0.25, 0.3) is 0 Å². The van der Waals surface area contributed by atoms with E-state index < -0.39 is 13.2 Å². The molecule has 1 saturated heterocycles. The van der Waals surface area contributed by atoms with Crippen LogP contribution in [-0.4, -0.2) is 49.1 Å². The lowest BCUT2D eigenvalue weighted by atomic mass is 9.95. The van der Waals surface area contributed by atoms with Crippen molar-refractivity contribution in [3.8, 4) is 0 Å². The molecule has 1 aliphatic rings. The third-order valence-corrected chi connectivity index (χ3v) is 5.84. The minimum atomic E-state index is -2.95. The maximum atomic E-state index is 12.5. The largest absolute Gasteiger partial charge is 0.444 e. The molecule has 0 aliphatic carbocycles. The number of hydrogen-bond donors (Lipinski definition) is 0. The summed E-state index contributed by atoms with van der Waals surface area (Å²) in [6.45, 7) is 11.4. The van der Waals surface area contributed by atoms with Crippen LogP contribution < -0.4 is 0 Å². The number of rotatable bonds is 7. The number of hydrogen-bond acceptors (Lipinski definition) is 5. The number of carbonyl (C=O) groups is 1. The molecular weight excluding hydrogens is 317 g/mol. The van der Waals surface area contributed by atoms with Crippen molar-refractivity contribution in [3.63, 3.8) is 0 Å². The molecule has 0 aromatic rings. The van der Waals surface area contributed by atoms with E-state index in [1.807, 2.05) is 34.6 Å². The van der Waals surface area contributed by atoms with Crippen LogP contribution in [0.25, 0.3) is 0 Å². The van der Waals surface area contributed by atoms with Gasteiger partial charge in [-0.05, 0) is 59.8 Å². The first-order valence-corrected chi connectivity index (χ1v) is 10.3. The number of amides is 1. The Labute approximate surface area is 140 Å². The van der Waals surface area contributed by atoms with Crippen LogP contribution in [-0.2, 0) is 18.3 Å². The Morgan fingerprint density at radius 2 is 1.65 bits per heavy atom. The van der Waals surface area contributed by atoms with E-state index in [0.717, 1.165) is 19.3 Å². The highest BCUT2D eigenvalue weighted by Gasteiger charge is 2.29. The summed E-state index contributed by atoms with van der Waals surface area (Å²) >= 11 is 0. The maximum absolute atomic E-state index is 12.5. The van der Waals surface area contributed by atoms with Crippen molar-refractivity contribution in [3.05, 3.63) is 0 Å². The number of piperidine rings is 1. The van der Waals surface area contributed by atoms with Gasteiger partial charge in [0, 0.05) is 13.1 Å². The maximum Gasteiger partial charge on any atom is 0.410 e. The smallest absolute Gasteiger partial charge is 0.410 e. The van der Waals surface area contributed by atoms with Crippen molar-refractivity contribution >= 4 is 13.7 Å². The quantitative estimate of drug-likeness (QED) is 0.642. The molecule has 23 heavy (non-hydrogen) atoms. The van der Waals surface area contributed by atoms with Gasteiger partial charge in [-0.3, -0.25) is 4.57 Å². The standard InChI is InChI=1S/C16H32NO5P/c1-6-20-23(19,21-7-2)13-10-14-8-11-17(12-9-14)15(18)22-16(3,4)5/h14H,6-13H2,1-5H3. The zero-order chi connectivity index (χ0) is 17.5. The molecule has 1 amide bonds. The number of nitrogens with zero attached hydrogens (tertiary/aromatic N) is 1. The van der Waals surface area contributed by atoms with Crippen LogP contribution in [0.1, 0.15) is 53.9 Å². The van der Waals surface area contributed by atoms with Gasteiger partial charge in [-0.25, -0.2) is 4.79 Å². The molecule has 0 spiro atoms. The Hall–Kier alpha value is -0.580. The van der Waals surface area contributed by atoms with Gasteiger partial charge in [-0.2, -0.15) is 0 Å². The van der Waals surface area contributed by atoms with E-state index in [0.29, 0.717) is 38.4 Å². The third kappa shape index (κ3) is 7.69. The third-order valence-electron chi connectivity index (χ3n) is 3.73. The van der Waals surface area contributed by atoms with E-state index in [9.17, 15) is 9.36 Å². The average molecular weight is 349 g/mol. The fraction of sp³-hybridized carbons (Fsp3) is 0.938. The summed E-state index contributed by atoms with van der Waals surface area (Å²) in [6.07, 6.45) is 2.81. The molecule has 0 saturated carbocycles. The first kappa shape index (κ1) is 20.5.